The van der Waals surface area contributed by atoms with Crippen LogP contribution in [-0.2, 0) is 4.74 Å². The van der Waals surface area contributed by atoms with Gasteiger partial charge in [0.25, 0.3) is 6.01 Å². The van der Waals surface area contributed by atoms with Crippen molar-refractivity contribution in [1.82, 2.24) is 14.9 Å². The van der Waals surface area contributed by atoms with E-state index in [1.807, 2.05) is 32.6 Å². The van der Waals surface area contributed by atoms with Crippen LogP contribution in [0, 0.1) is 0 Å². The molecule has 0 radical (unpaired) electrons. The molecule has 3 heterocycles. The zero-order valence-corrected chi connectivity index (χ0v) is 19.4. The highest BCUT2D eigenvalue weighted by atomic mass is 35.5. The summed E-state index contributed by atoms with van der Waals surface area (Å²) in [6.07, 6.45) is 1.33. The molecular formula is C22H24Cl2N4O3. The number of ether oxygens (including phenoxy) is 1. The van der Waals surface area contributed by atoms with E-state index < -0.39 is 5.60 Å². The number of aromatic nitrogens is 2. The minimum absolute atomic E-state index is 0.00227. The van der Waals surface area contributed by atoms with Crippen molar-refractivity contribution in [2.75, 3.05) is 24.5 Å². The zero-order chi connectivity index (χ0) is 22.3. The van der Waals surface area contributed by atoms with E-state index >= 15 is 0 Å². The van der Waals surface area contributed by atoms with Gasteiger partial charge in [-0.2, -0.15) is 4.98 Å². The van der Waals surface area contributed by atoms with E-state index in [0.717, 1.165) is 5.56 Å². The number of anilines is 1. The first-order valence-electron chi connectivity index (χ1n) is 10.1. The van der Waals surface area contributed by atoms with E-state index in [2.05, 4.69) is 9.97 Å². The van der Waals surface area contributed by atoms with Crippen LogP contribution in [0.15, 0.2) is 34.9 Å². The first-order valence-corrected chi connectivity index (χ1v) is 10.8. The van der Waals surface area contributed by atoms with Gasteiger partial charge in [-0.05, 0) is 52.0 Å². The van der Waals surface area contributed by atoms with Crippen LogP contribution in [0.2, 0.25) is 10.0 Å². The normalized spacial score (nSPS) is 17.3. The smallest absolute Gasteiger partial charge is 0.410 e. The molecule has 4 rings (SSSR count). The number of piperazine rings is 1. The van der Waals surface area contributed by atoms with Gasteiger partial charge in [0.05, 0.1) is 5.69 Å². The summed E-state index contributed by atoms with van der Waals surface area (Å²) < 4.78 is 11.7. The molecule has 1 aliphatic heterocycles. The van der Waals surface area contributed by atoms with Crippen LogP contribution in [0.4, 0.5) is 10.8 Å². The first kappa shape index (κ1) is 21.7. The van der Waals surface area contributed by atoms with Crippen LogP contribution >= 0.6 is 23.2 Å². The van der Waals surface area contributed by atoms with Crippen LogP contribution in [0.5, 0.6) is 0 Å². The number of hydrogen-bond donors (Lipinski definition) is 0. The van der Waals surface area contributed by atoms with E-state index in [9.17, 15) is 4.79 Å². The van der Waals surface area contributed by atoms with Gasteiger partial charge in [-0.25, -0.2) is 4.79 Å². The molecule has 0 N–H and O–H groups in total. The molecule has 1 aliphatic rings. The highest BCUT2D eigenvalue weighted by Crippen LogP contribution is 2.35. The molecule has 2 aromatic heterocycles. The summed E-state index contributed by atoms with van der Waals surface area (Å²) in [6.45, 7) is 9.21. The third-order valence-electron chi connectivity index (χ3n) is 4.97. The number of hydrogen-bond acceptors (Lipinski definition) is 6. The third-order valence-corrected chi connectivity index (χ3v) is 5.42. The number of rotatable bonds is 2. The first-order chi connectivity index (χ1) is 14.6. The predicted molar refractivity (Wildman–Crippen MR) is 122 cm³/mol. The monoisotopic (exact) mass is 462 g/mol. The maximum Gasteiger partial charge on any atom is 0.410 e. The lowest BCUT2D eigenvalue weighted by molar-refractivity contribution is 0.0216. The molecule has 7 nitrogen and oxygen atoms in total. The van der Waals surface area contributed by atoms with E-state index in [1.165, 1.54) is 0 Å². The topological polar surface area (TPSA) is 71.7 Å². The van der Waals surface area contributed by atoms with Crippen molar-refractivity contribution in [2.24, 2.45) is 0 Å². The van der Waals surface area contributed by atoms with E-state index in [0.29, 0.717) is 52.5 Å². The molecule has 164 valence electrons. The summed E-state index contributed by atoms with van der Waals surface area (Å²) in [7, 11) is 0. The molecular weight excluding hydrogens is 439 g/mol. The van der Waals surface area contributed by atoms with E-state index in [4.69, 9.17) is 32.4 Å². The number of oxazole rings is 1. The van der Waals surface area contributed by atoms with Crippen molar-refractivity contribution in [2.45, 2.75) is 39.3 Å². The SMILES string of the molecule is C[C@H]1CN(C(=O)OC(C)(C)C)CCN1c1nc2cc(Cl)cc(-c3cc(Cl)ccn3)c2o1. The lowest BCUT2D eigenvalue weighted by Crippen LogP contribution is -2.54. The zero-order valence-electron chi connectivity index (χ0n) is 17.9. The van der Waals surface area contributed by atoms with Crippen molar-refractivity contribution in [1.29, 1.82) is 0 Å². The van der Waals surface area contributed by atoms with Gasteiger partial charge in [0.15, 0.2) is 5.58 Å². The Labute approximate surface area is 190 Å². The summed E-state index contributed by atoms with van der Waals surface area (Å²) in [5.74, 6) is 0. The Hall–Kier alpha value is -2.51. The standard InChI is InChI=1S/C22H24Cl2N4O3/c1-13-12-27(21(29)31-22(2,3)4)7-8-28(13)20-26-18-11-15(24)9-16(19(18)30-20)17-10-14(23)5-6-25-17/h5-6,9-11,13H,7-8,12H2,1-4H3/t13-/m0/s1. The highest BCUT2D eigenvalue weighted by Gasteiger charge is 2.32. The van der Waals surface area contributed by atoms with Gasteiger partial charge >= 0.3 is 6.09 Å². The Morgan fingerprint density at radius 3 is 2.65 bits per heavy atom. The number of carbonyl (C=O) groups is 1. The third kappa shape index (κ3) is 4.72. The van der Waals surface area contributed by atoms with Crippen LogP contribution < -0.4 is 4.90 Å². The minimum atomic E-state index is -0.526. The number of fused-ring (bicyclic) bond motifs is 1. The molecule has 1 saturated heterocycles. The maximum absolute atomic E-state index is 12.4. The van der Waals surface area contributed by atoms with Gasteiger partial charge in [0.1, 0.15) is 11.1 Å². The quantitative estimate of drug-likeness (QED) is 0.490. The molecule has 0 aliphatic carbocycles. The second-order valence-corrected chi connectivity index (χ2v) is 9.50. The summed E-state index contributed by atoms with van der Waals surface area (Å²) >= 11 is 12.5. The molecule has 0 spiro atoms. The fraction of sp³-hybridized carbons (Fsp3) is 0.409. The van der Waals surface area contributed by atoms with Crippen molar-refractivity contribution < 1.29 is 13.9 Å². The van der Waals surface area contributed by atoms with Gasteiger partial charge in [0.2, 0.25) is 0 Å². The van der Waals surface area contributed by atoms with Crippen LogP contribution in [-0.4, -0.2) is 52.2 Å². The van der Waals surface area contributed by atoms with E-state index in [1.54, 1.807) is 35.4 Å². The summed E-state index contributed by atoms with van der Waals surface area (Å²) in [5, 5.41) is 1.11. The van der Waals surface area contributed by atoms with Crippen molar-refractivity contribution >= 4 is 46.4 Å². The lowest BCUT2D eigenvalue weighted by Gasteiger charge is -2.39. The molecule has 0 saturated carbocycles. The predicted octanol–water partition coefficient (Wildman–Crippen LogP) is 5.64. The minimum Gasteiger partial charge on any atom is -0.444 e. The molecule has 0 bridgehead atoms. The van der Waals surface area contributed by atoms with Gasteiger partial charge < -0.3 is 19.0 Å². The molecule has 1 aromatic carbocycles. The average molecular weight is 463 g/mol. The fourth-order valence-electron chi connectivity index (χ4n) is 3.59. The molecule has 9 heteroatoms. The number of benzene rings is 1. The van der Waals surface area contributed by atoms with Crippen molar-refractivity contribution in [3.05, 3.63) is 40.5 Å². The Morgan fingerprint density at radius 2 is 1.97 bits per heavy atom. The molecule has 1 amide bonds. The number of carbonyl (C=O) groups excluding carboxylic acids is 1. The van der Waals surface area contributed by atoms with Crippen molar-refractivity contribution in [3.63, 3.8) is 0 Å². The van der Waals surface area contributed by atoms with Crippen molar-refractivity contribution in [3.8, 4) is 11.3 Å². The largest absolute Gasteiger partial charge is 0.444 e. The number of halogens is 2. The van der Waals surface area contributed by atoms with Gasteiger partial charge in [-0.3, -0.25) is 4.98 Å². The summed E-state index contributed by atoms with van der Waals surface area (Å²) in [6, 6.07) is 7.51. The van der Waals surface area contributed by atoms with Gasteiger partial charge in [-0.1, -0.05) is 23.2 Å². The Morgan fingerprint density at radius 1 is 1.19 bits per heavy atom. The summed E-state index contributed by atoms with van der Waals surface area (Å²) in [4.78, 5) is 25.2. The van der Waals surface area contributed by atoms with Crippen LogP contribution in [0.3, 0.4) is 0 Å². The van der Waals surface area contributed by atoms with Crippen LogP contribution in [0.1, 0.15) is 27.7 Å². The van der Waals surface area contributed by atoms with Gasteiger partial charge in [-0.15, -0.1) is 0 Å². The average Bonchev–Trinajstić information content (AvgIpc) is 3.09. The Balaban J connectivity index is 1.61. The van der Waals surface area contributed by atoms with E-state index in [-0.39, 0.29) is 12.1 Å². The number of pyridine rings is 1. The number of nitrogens with zero attached hydrogens (tertiary/aromatic N) is 4. The molecule has 3 aromatic rings. The molecule has 1 fully saturated rings. The second-order valence-electron chi connectivity index (χ2n) is 8.63. The molecule has 0 unspecified atom stereocenters. The maximum atomic E-state index is 12.4. The Bertz CT molecular complexity index is 1130. The second kappa shape index (κ2) is 8.20. The molecule has 1 atom stereocenters. The fourth-order valence-corrected chi connectivity index (χ4v) is 3.96. The van der Waals surface area contributed by atoms with Crippen LogP contribution in [0.25, 0.3) is 22.4 Å². The molecule has 31 heavy (non-hydrogen) atoms. The van der Waals surface area contributed by atoms with Gasteiger partial charge in [0, 0.05) is 47.5 Å². The Kier molecular flexibility index (Phi) is 5.75. The number of amides is 1. The lowest BCUT2D eigenvalue weighted by atomic mass is 10.1. The highest BCUT2D eigenvalue weighted by molar-refractivity contribution is 6.32. The summed E-state index contributed by atoms with van der Waals surface area (Å²) in [5.41, 5.74) is 2.09.